The lowest BCUT2D eigenvalue weighted by Gasteiger charge is -2.32. The van der Waals surface area contributed by atoms with Gasteiger partial charge in [0.15, 0.2) is 6.61 Å². The van der Waals surface area contributed by atoms with E-state index in [9.17, 15) is 18.0 Å². The van der Waals surface area contributed by atoms with Crippen molar-refractivity contribution in [1.82, 2.24) is 4.90 Å². The molecule has 1 saturated heterocycles. The standard InChI is InChI=1S/C25H25ClN2O5S2/c26-22-10-11-24(34-22)35(31,32)27-21-9-5-4-8-20(21)25(30)33-17-23(29)28-14-12-19(13-15-28)16-18-6-2-1-3-7-18/h1-11,19,27H,12-17H2. The molecule has 0 aliphatic carbocycles. The van der Waals surface area contributed by atoms with Gasteiger partial charge in [-0.25, -0.2) is 13.2 Å². The van der Waals surface area contributed by atoms with Crippen LogP contribution in [0.2, 0.25) is 4.34 Å². The molecule has 1 N–H and O–H groups in total. The number of nitrogens with zero attached hydrogens (tertiary/aromatic N) is 1. The van der Waals surface area contributed by atoms with E-state index in [-0.39, 0.29) is 21.4 Å². The zero-order valence-corrected chi connectivity index (χ0v) is 21.2. The van der Waals surface area contributed by atoms with Crippen LogP contribution in [0.3, 0.4) is 0 Å². The van der Waals surface area contributed by atoms with Crippen LogP contribution in [0.1, 0.15) is 28.8 Å². The molecule has 1 amide bonds. The fourth-order valence-electron chi connectivity index (χ4n) is 4.02. The molecule has 0 radical (unpaired) electrons. The quantitative estimate of drug-likeness (QED) is 0.419. The molecule has 10 heteroatoms. The van der Waals surface area contributed by atoms with Crippen molar-refractivity contribution >= 4 is 50.5 Å². The average molecular weight is 533 g/mol. The maximum Gasteiger partial charge on any atom is 0.340 e. The number of rotatable bonds is 8. The first kappa shape index (κ1) is 25.2. The molecule has 4 rings (SSSR count). The first-order valence-corrected chi connectivity index (χ1v) is 13.9. The molecular formula is C25H25ClN2O5S2. The van der Waals surface area contributed by atoms with Crippen molar-refractivity contribution < 1.29 is 22.7 Å². The van der Waals surface area contributed by atoms with Gasteiger partial charge in [-0.05, 0) is 55.0 Å². The number of anilines is 1. The Hall–Kier alpha value is -2.88. The summed E-state index contributed by atoms with van der Waals surface area (Å²) in [6, 6.07) is 19.3. The first-order chi connectivity index (χ1) is 16.8. The second-order valence-corrected chi connectivity index (χ2v) is 11.9. The topological polar surface area (TPSA) is 92.8 Å². The molecule has 2 heterocycles. The fourth-order valence-corrected chi connectivity index (χ4v) is 6.58. The minimum atomic E-state index is -3.92. The molecule has 1 aliphatic rings. The summed E-state index contributed by atoms with van der Waals surface area (Å²) >= 11 is 6.75. The highest BCUT2D eigenvalue weighted by molar-refractivity contribution is 7.94. The number of para-hydroxylation sites is 1. The number of ether oxygens (including phenoxy) is 1. The van der Waals surface area contributed by atoms with Gasteiger partial charge in [0.25, 0.3) is 15.9 Å². The van der Waals surface area contributed by atoms with Gasteiger partial charge < -0.3 is 9.64 Å². The highest BCUT2D eigenvalue weighted by Gasteiger charge is 2.25. The third-order valence-corrected chi connectivity index (χ3v) is 8.95. The maximum absolute atomic E-state index is 12.7. The van der Waals surface area contributed by atoms with Gasteiger partial charge in [0.2, 0.25) is 0 Å². The summed E-state index contributed by atoms with van der Waals surface area (Å²) in [6.45, 7) is 0.838. The molecule has 2 aromatic carbocycles. The van der Waals surface area contributed by atoms with Gasteiger partial charge in [-0.2, -0.15) is 0 Å². The largest absolute Gasteiger partial charge is 0.452 e. The number of carbonyl (C=O) groups is 2. The van der Waals surface area contributed by atoms with Crippen LogP contribution in [0, 0.1) is 5.92 Å². The third-order valence-electron chi connectivity index (χ3n) is 5.87. The van der Waals surface area contributed by atoms with Gasteiger partial charge in [0.05, 0.1) is 15.6 Å². The molecule has 35 heavy (non-hydrogen) atoms. The van der Waals surface area contributed by atoms with Crippen LogP contribution in [-0.4, -0.2) is 44.9 Å². The summed E-state index contributed by atoms with van der Waals surface area (Å²) in [5.41, 5.74) is 1.38. The van der Waals surface area contributed by atoms with Crippen molar-refractivity contribution in [3.63, 3.8) is 0 Å². The van der Waals surface area contributed by atoms with E-state index in [2.05, 4.69) is 16.9 Å². The number of thiophene rings is 1. The van der Waals surface area contributed by atoms with Crippen LogP contribution >= 0.6 is 22.9 Å². The number of carbonyl (C=O) groups excluding carboxylic acids is 2. The Labute approximate surface area is 213 Å². The lowest BCUT2D eigenvalue weighted by Crippen LogP contribution is -2.41. The minimum absolute atomic E-state index is 0.0214. The Morgan fingerprint density at radius 2 is 1.69 bits per heavy atom. The van der Waals surface area contributed by atoms with Crippen molar-refractivity contribution in [2.75, 3.05) is 24.4 Å². The van der Waals surface area contributed by atoms with Crippen molar-refractivity contribution in [2.24, 2.45) is 5.92 Å². The summed E-state index contributed by atoms with van der Waals surface area (Å²) in [6.07, 6.45) is 2.78. The van der Waals surface area contributed by atoms with Crippen molar-refractivity contribution in [1.29, 1.82) is 0 Å². The van der Waals surface area contributed by atoms with Gasteiger partial charge in [-0.1, -0.05) is 54.1 Å². The molecule has 0 spiro atoms. The van der Waals surface area contributed by atoms with Crippen LogP contribution in [0.5, 0.6) is 0 Å². The number of halogens is 1. The SMILES string of the molecule is O=C(OCC(=O)N1CCC(Cc2ccccc2)CC1)c1ccccc1NS(=O)(=O)c1ccc(Cl)s1. The Kier molecular flexibility index (Phi) is 8.10. The second kappa shape index (κ2) is 11.2. The van der Waals surface area contributed by atoms with E-state index in [1.54, 1.807) is 17.0 Å². The molecule has 1 aliphatic heterocycles. The second-order valence-electron chi connectivity index (χ2n) is 8.30. The highest BCUT2D eigenvalue weighted by atomic mass is 35.5. The lowest BCUT2D eigenvalue weighted by atomic mass is 9.90. The molecule has 7 nitrogen and oxygen atoms in total. The number of sulfonamides is 1. The number of amides is 1. The summed E-state index contributed by atoms with van der Waals surface area (Å²) in [7, 11) is -3.92. The van der Waals surface area contributed by atoms with Gasteiger partial charge in [0.1, 0.15) is 4.21 Å². The molecule has 3 aromatic rings. The van der Waals surface area contributed by atoms with E-state index in [1.165, 1.54) is 29.8 Å². The molecule has 0 saturated carbocycles. The third kappa shape index (κ3) is 6.62. The van der Waals surface area contributed by atoms with Gasteiger partial charge in [-0.15, -0.1) is 11.3 Å². The number of piperidine rings is 1. The first-order valence-electron chi connectivity index (χ1n) is 11.2. The average Bonchev–Trinajstić information content (AvgIpc) is 3.31. The predicted molar refractivity (Wildman–Crippen MR) is 136 cm³/mol. The minimum Gasteiger partial charge on any atom is -0.452 e. The zero-order valence-electron chi connectivity index (χ0n) is 18.9. The summed E-state index contributed by atoms with van der Waals surface area (Å²) in [5, 5.41) is 0. The van der Waals surface area contributed by atoms with Gasteiger partial charge in [-0.3, -0.25) is 9.52 Å². The Bertz CT molecular complexity index is 1290. The maximum atomic E-state index is 12.7. The molecule has 1 fully saturated rings. The van der Waals surface area contributed by atoms with Crippen LogP contribution in [0.25, 0.3) is 0 Å². The van der Waals surface area contributed by atoms with Gasteiger partial charge in [0, 0.05) is 13.1 Å². The molecule has 1 aromatic heterocycles. The Morgan fingerprint density at radius 3 is 2.37 bits per heavy atom. The fraction of sp³-hybridized carbons (Fsp3) is 0.280. The monoisotopic (exact) mass is 532 g/mol. The van der Waals surface area contributed by atoms with Crippen LogP contribution in [-0.2, 0) is 26.0 Å². The molecular weight excluding hydrogens is 508 g/mol. The summed E-state index contributed by atoms with van der Waals surface area (Å²) < 4.78 is 33.3. The Balaban J connectivity index is 1.31. The predicted octanol–water partition coefficient (Wildman–Crippen LogP) is 4.84. The van der Waals surface area contributed by atoms with E-state index in [0.29, 0.717) is 23.3 Å². The number of hydrogen-bond acceptors (Lipinski definition) is 6. The van der Waals surface area contributed by atoms with E-state index in [0.717, 1.165) is 30.6 Å². The van der Waals surface area contributed by atoms with E-state index in [1.807, 2.05) is 18.2 Å². The Morgan fingerprint density at radius 1 is 1.00 bits per heavy atom. The molecule has 0 atom stereocenters. The normalized spacial score (nSPS) is 14.5. The number of benzene rings is 2. The van der Waals surface area contributed by atoms with Crippen molar-refractivity contribution in [3.05, 3.63) is 82.2 Å². The van der Waals surface area contributed by atoms with Crippen LogP contribution in [0.15, 0.2) is 70.9 Å². The van der Waals surface area contributed by atoms with Crippen molar-refractivity contribution in [3.8, 4) is 0 Å². The van der Waals surface area contributed by atoms with E-state index >= 15 is 0 Å². The van der Waals surface area contributed by atoms with E-state index < -0.39 is 22.6 Å². The molecule has 0 unspecified atom stereocenters. The number of hydrogen-bond donors (Lipinski definition) is 1. The number of nitrogens with one attached hydrogen (secondary N) is 1. The van der Waals surface area contributed by atoms with Crippen LogP contribution < -0.4 is 4.72 Å². The van der Waals surface area contributed by atoms with Crippen molar-refractivity contribution in [2.45, 2.75) is 23.5 Å². The number of likely N-dealkylation sites (tertiary alicyclic amines) is 1. The number of esters is 1. The highest BCUT2D eigenvalue weighted by Crippen LogP contribution is 2.28. The van der Waals surface area contributed by atoms with Gasteiger partial charge >= 0.3 is 5.97 Å². The molecule has 184 valence electrons. The van der Waals surface area contributed by atoms with E-state index in [4.69, 9.17) is 16.3 Å². The zero-order chi connectivity index (χ0) is 24.8. The summed E-state index contributed by atoms with van der Waals surface area (Å²) in [4.78, 5) is 27.0. The smallest absolute Gasteiger partial charge is 0.340 e. The van der Waals surface area contributed by atoms with Crippen LogP contribution in [0.4, 0.5) is 5.69 Å². The molecule has 0 bridgehead atoms. The lowest BCUT2D eigenvalue weighted by molar-refractivity contribution is -0.135. The summed E-state index contributed by atoms with van der Waals surface area (Å²) in [5.74, 6) is -0.523.